The van der Waals surface area contributed by atoms with Gasteiger partial charge in [-0.25, -0.2) is 4.79 Å². The monoisotopic (exact) mass is 263 g/mol. The number of anilines is 2. The Labute approximate surface area is 108 Å². The maximum absolute atomic E-state index is 12.0. The molecular formula is C11H13N5O3. The van der Waals surface area contributed by atoms with Crippen LogP contribution in [0.25, 0.3) is 5.57 Å². The minimum atomic E-state index is -0.656. The first kappa shape index (κ1) is 12.7. The molecule has 100 valence electrons. The van der Waals surface area contributed by atoms with Crippen molar-refractivity contribution in [2.45, 2.75) is 0 Å². The van der Waals surface area contributed by atoms with Gasteiger partial charge in [0.25, 0.3) is 5.56 Å². The number of nitrogen functional groups attached to an aromatic ring is 1. The summed E-state index contributed by atoms with van der Waals surface area (Å²) >= 11 is 0. The van der Waals surface area contributed by atoms with Crippen LogP contribution in [0, 0.1) is 0 Å². The van der Waals surface area contributed by atoms with Crippen LogP contribution < -0.4 is 21.7 Å². The van der Waals surface area contributed by atoms with Crippen LogP contribution in [-0.4, -0.2) is 30.1 Å². The molecule has 0 radical (unpaired) electrons. The number of ether oxygens (including phenoxy) is 1. The number of nitrogens with one attached hydrogen (secondary N) is 2. The molecule has 0 saturated heterocycles. The number of nitrogens with zero attached hydrogens (tertiary/aromatic N) is 2. The van der Waals surface area contributed by atoms with Crippen molar-refractivity contribution in [1.82, 2.24) is 15.4 Å². The summed E-state index contributed by atoms with van der Waals surface area (Å²) in [4.78, 5) is 30.2. The van der Waals surface area contributed by atoms with E-state index in [4.69, 9.17) is 5.73 Å². The Kier molecular flexibility index (Phi) is 2.99. The molecule has 0 spiro atoms. The summed E-state index contributed by atoms with van der Waals surface area (Å²) in [6.07, 6.45) is 1.42. The molecule has 0 fully saturated rings. The number of methoxy groups -OCH3 is 1. The first-order chi connectivity index (χ1) is 8.93. The lowest BCUT2D eigenvalue weighted by Crippen LogP contribution is -2.34. The second kappa shape index (κ2) is 4.48. The molecule has 4 N–H and O–H groups in total. The Morgan fingerprint density at radius 1 is 1.58 bits per heavy atom. The van der Waals surface area contributed by atoms with Crippen LogP contribution in [0.3, 0.4) is 0 Å². The highest BCUT2D eigenvalue weighted by atomic mass is 16.5. The van der Waals surface area contributed by atoms with Crippen molar-refractivity contribution in [1.29, 1.82) is 0 Å². The largest absolute Gasteiger partial charge is 0.465 e. The molecule has 2 heterocycles. The number of rotatable bonds is 1. The number of esters is 1. The summed E-state index contributed by atoms with van der Waals surface area (Å²) in [6, 6.07) is 0. The van der Waals surface area contributed by atoms with E-state index in [2.05, 4.69) is 26.7 Å². The van der Waals surface area contributed by atoms with Gasteiger partial charge in [-0.1, -0.05) is 6.58 Å². The van der Waals surface area contributed by atoms with E-state index in [0.717, 1.165) is 0 Å². The van der Waals surface area contributed by atoms with Gasteiger partial charge in [0.15, 0.2) is 5.82 Å². The third-order valence-electron chi connectivity index (χ3n) is 2.54. The number of hydrazine groups is 1. The van der Waals surface area contributed by atoms with Gasteiger partial charge in [-0.3, -0.25) is 20.2 Å². The van der Waals surface area contributed by atoms with E-state index in [1.807, 2.05) is 0 Å². The third-order valence-corrected chi connectivity index (χ3v) is 2.54. The summed E-state index contributed by atoms with van der Waals surface area (Å²) in [6.45, 7) is 3.72. The fourth-order valence-corrected chi connectivity index (χ4v) is 1.78. The first-order valence-electron chi connectivity index (χ1n) is 5.33. The Balaban J connectivity index is 2.77. The van der Waals surface area contributed by atoms with Crippen LogP contribution in [0.2, 0.25) is 0 Å². The molecule has 1 aromatic heterocycles. The number of fused-ring (bicyclic) bond motifs is 1. The van der Waals surface area contributed by atoms with Crippen molar-refractivity contribution >= 4 is 23.3 Å². The fourth-order valence-electron chi connectivity index (χ4n) is 1.78. The van der Waals surface area contributed by atoms with Gasteiger partial charge in [0.05, 0.1) is 18.2 Å². The Morgan fingerprint density at radius 3 is 2.89 bits per heavy atom. The molecule has 8 heteroatoms. The van der Waals surface area contributed by atoms with E-state index < -0.39 is 11.5 Å². The average molecular weight is 263 g/mol. The number of aromatic nitrogens is 2. The maximum atomic E-state index is 12.0. The van der Waals surface area contributed by atoms with Gasteiger partial charge >= 0.3 is 5.97 Å². The number of hydrogen-bond donors (Lipinski definition) is 3. The summed E-state index contributed by atoms with van der Waals surface area (Å²) in [5.74, 6) is -0.484. The molecular weight excluding hydrogens is 250 g/mol. The van der Waals surface area contributed by atoms with E-state index in [-0.39, 0.29) is 22.9 Å². The van der Waals surface area contributed by atoms with E-state index in [1.165, 1.54) is 18.2 Å². The zero-order valence-electron chi connectivity index (χ0n) is 10.5. The SMILES string of the molecule is C=C1C=C(C(=O)OC)c2c(nc(N)[nH]c2=O)N(C)N1. The number of carbonyl (C=O) groups excluding carboxylic acids is 1. The maximum Gasteiger partial charge on any atom is 0.338 e. The number of carbonyl (C=O) groups is 1. The molecule has 2 rings (SSSR count). The van der Waals surface area contributed by atoms with Crippen molar-refractivity contribution in [3.05, 3.63) is 34.3 Å². The van der Waals surface area contributed by atoms with Gasteiger partial charge in [0.1, 0.15) is 0 Å². The fraction of sp³-hybridized carbons (Fsp3) is 0.182. The smallest absolute Gasteiger partial charge is 0.338 e. The van der Waals surface area contributed by atoms with Crippen molar-refractivity contribution in [3.63, 3.8) is 0 Å². The summed E-state index contributed by atoms with van der Waals surface area (Å²) in [5, 5.41) is 1.45. The lowest BCUT2D eigenvalue weighted by Gasteiger charge is -2.20. The average Bonchev–Trinajstić information content (AvgIpc) is 2.46. The molecule has 0 amide bonds. The van der Waals surface area contributed by atoms with Crippen LogP contribution in [0.15, 0.2) is 23.1 Å². The topological polar surface area (TPSA) is 113 Å². The minimum absolute atomic E-state index is 0.0471. The van der Waals surface area contributed by atoms with Gasteiger partial charge in [-0.2, -0.15) is 4.98 Å². The Hall–Kier alpha value is -2.77. The molecule has 0 atom stereocenters. The summed E-state index contributed by atoms with van der Waals surface area (Å²) in [5.41, 5.74) is 8.38. The van der Waals surface area contributed by atoms with E-state index in [9.17, 15) is 9.59 Å². The number of H-pyrrole nitrogens is 1. The number of hydrogen-bond acceptors (Lipinski definition) is 7. The highest BCUT2D eigenvalue weighted by Gasteiger charge is 2.26. The van der Waals surface area contributed by atoms with E-state index in [1.54, 1.807) is 7.05 Å². The van der Waals surface area contributed by atoms with E-state index >= 15 is 0 Å². The van der Waals surface area contributed by atoms with Crippen LogP contribution in [0.1, 0.15) is 5.56 Å². The number of nitrogens with two attached hydrogens (primary N) is 1. The molecule has 8 nitrogen and oxygen atoms in total. The molecule has 19 heavy (non-hydrogen) atoms. The van der Waals surface area contributed by atoms with Crippen LogP contribution in [0.4, 0.5) is 11.8 Å². The molecule has 0 aromatic carbocycles. The lowest BCUT2D eigenvalue weighted by molar-refractivity contribution is -0.133. The van der Waals surface area contributed by atoms with Gasteiger partial charge in [-0.05, 0) is 6.08 Å². The Morgan fingerprint density at radius 2 is 2.26 bits per heavy atom. The first-order valence-corrected chi connectivity index (χ1v) is 5.33. The zero-order valence-corrected chi connectivity index (χ0v) is 10.5. The highest BCUT2D eigenvalue weighted by molar-refractivity contribution is 6.18. The molecule has 0 unspecified atom stereocenters. The molecule has 1 aliphatic rings. The minimum Gasteiger partial charge on any atom is -0.465 e. The molecule has 1 aromatic rings. The van der Waals surface area contributed by atoms with Crippen LogP contribution in [-0.2, 0) is 9.53 Å². The zero-order chi connectivity index (χ0) is 14.2. The molecule has 0 aliphatic carbocycles. The predicted molar refractivity (Wildman–Crippen MR) is 69.9 cm³/mol. The predicted octanol–water partition coefficient (Wildman–Crippen LogP) is -0.623. The van der Waals surface area contributed by atoms with Crippen LogP contribution in [0.5, 0.6) is 0 Å². The van der Waals surface area contributed by atoms with Gasteiger partial charge in [0.2, 0.25) is 5.95 Å². The van der Waals surface area contributed by atoms with Crippen molar-refractivity contribution < 1.29 is 9.53 Å². The third kappa shape index (κ3) is 2.15. The van der Waals surface area contributed by atoms with Crippen molar-refractivity contribution in [2.75, 3.05) is 24.9 Å². The van der Waals surface area contributed by atoms with Crippen molar-refractivity contribution in [2.24, 2.45) is 0 Å². The van der Waals surface area contributed by atoms with Crippen LogP contribution >= 0.6 is 0 Å². The van der Waals surface area contributed by atoms with E-state index in [0.29, 0.717) is 5.70 Å². The molecule has 0 bridgehead atoms. The van der Waals surface area contributed by atoms with Crippen molar-refractivity contribution in [3.8, 4) is 0 Å². The molecule has 1 aliphatic heterocycles. The lowest BCUT2D eigenvalue weighted by atomic mass is 10.1. The van der Waals surface area contributed by atoms with Gasteiger partial charge in [0, 0.05) is 12.7 Å². The number of aromatic amines is 1. The Bertz CT molecular complexity index is 646. The highest BCUT2D eigenvalue weighted by Crippen LogP contribution is 2.25. The summed E-state index contributed by atoms with van der Waals surface area (Å²) in [7, 11) is 2.86. The summed E-state index contributed by atoms with van der Waals surface area (Å²) < 4.78 is 4.66. The normalized spacial score (nSPS) is 14.1. The standard InChI is InChI=1S/C11H13N5O3/c1-5-4-6(10(18)19-3)7-8(16(2)15-5)13-11(12)14-9(7)17/h4,15H,1H2,2-3H3,(H3,12,13,14,17). The van der Waals surface area contributed by atoms with Gasteiger partial charge in [-0.15, -0.1) is 0 Å². The second-order valence-corrected chi connectivity index (χ2v) is 3.90. The van der Waals surface area contributed by atoms with Gasteiger partial charge < -0.3 is 10.5 Å². The molecule has 0 saturated carbocycles. The second-order valence-electron chi connectivity index (χ2n) is 3.90. The quantitative estimate of drug-likeness (QED) is 0.578. The number of allylic oxidation sites excluding steroid dienone is 1.